The number of rotatable bonds is 8. The van der Waals surface area contributed by atoms with Gasteiger partial charge in [-0.3, -0.25) is 9.36 Å². The number of methoxy groups -OCH3 is 1. The summed E-state index contributed by atoms with van der Waals surface area (Å²) in [4.78, 5) is 12.4. The molecule has 1 aromatic heterocycles. The monoisotopic (exact) mass is 450 g/mol. The van der Waals surface area contributed by atoms with Crippen molar-refractivity contribution < 1.29 is 9.53 Å². The van der Waals surface area contributed by atoms with Crippen molar-refractivity contribution in [3.8, 4) is 11.4 Å². The lowest BCUT2D eigenvalue weighted by molar-refractivity contribution is -0.113. The first-order valence-corrected chi connectivity index (χ1v) is 10.6. The number of amides is 1. The highest BCUT2D eigenvalue weighted by Gasteiger charge is 2.16. The van der Waals surface area contributed by atoms with Crippen molar-refractivity contribution in [2.45, 2.75) is 18.6 Å². The molecule has 0 bridgehead atoms. The normalized spacial score (nSPS) is 10.9. The molecule has 0 aliphatic carbocycles. The summed E-state index contributed by atoms with van der Waals surface area (Å²) in [6.07, 6.45) is 0. The van der Waals surface area contributed by atoms with E-state index in [0.29, 0.717) is 34.0 Å². The third-order valence-corrected chi connectivity index (χ3v) is 5.86. The van der Waals surface area contributed by atoms with Crippen molar-refractivity contribution in [3.05, 3.63) is 58.1 Å². The minimum atomic E-state index is -0.211. The Morgan fingerprint density at radius 2 is 2.00 bits per heavy atom. The Morgan fingerprint density at radius 1 is 1.21 bits per heavy atom. The molecule has 2 aromatic carbocycles. The molecule has 1 amide bonds. The molecule has 1 N–H and O–H groups in total. The molecule has 9 heteroatoms. The van der Waals surface area contributed by atoms with Gasteiger partial charge in [0, 0.05) is 12.7 Å². The van der Waals surface area contributed by atoms with E-state index in [1.54, 1.807) is 25.3 Å². The second-order valence-electron chi connectivity index (χ2n) is 6.26. The zero-order chi connectivity index (χ0) is 20.8. The second kappa shape index (κ2) is 10.1. The van der Waals surface area contributed by atoms with Crippen LogP contribution in [-0.2, 0) is 16.1 Å². The van der Waals surface area contributed by atoms with Gasteiger partial charge in [0.1, 0.15) is 0 Å². The molecule has 3 rings (SSSR count). The zero-order valence-electron chi connectivity index (χ0n) is 16.0. The fraction of sp³-hybridized carbons (Fsp3) is 0.250. The number of nitrogens with one attached hydrogen (secondary N) is 1. The number of nitrogens with zero attached hydrogens (tertiary/aromatic N) is 3. The standard InChI is InChI=1S/C20H20Cl2N4O2S/c1-13-5-3-6-14(11-13)19-24-25-20(26(19)9-10-28-2)29-12-17(27)23-16-8-4-7-15(21)18(16)22/h3-8,11H,9-10,12H2,1-2H3,(H,23,27). The maximum Gasteiger partial charge on any atom is 0.234 e. The van der Waals surface area contributed by atoms with E-state index in [0.717, 1.165) is 17.0 Å². The lowest BCUT2D eigenvalue weighted by Gasteiger charge is -2.11. The molecule has 0 fully saturated rings. The van der Waals surface area contributed by atoms with Crippen LogP contribution in [-0.4, -0.2) is 40.1 Å². The quantitative estimate of drug-likeness (QED) is 0.492. The first-order valence-electron chi connectivity index (χ1n) is 8.85. The molecular formula is C20H20Cl2N4O2S. The third kappa shape index (κ3) is 5.51. The van der Waals surface area contributed by atoms with E-state index >= 15 is 0 Å². The summed E-state index contributed by atoms with van der Waals surface area (Å²) in [5.74, 6) is 0.686. The van der Waals surface area contributed by atoms with E-state index in [1.807, 2.05) is 29.7 Å². The van der Waals surface area contributed by atoms with Crippen LogP contribution in [0.15, 0.2) is 47.6 Å². The number of carbonyl (C=O) groups is 1. The van der Waals surface area contributed by atoms with Gasteiger partial charge in [0.15, 0.2) is 11.0 Å². The molecule has 0 radical (unpaired) electrons. The van der Waals surface area contributed by atoms with Crippen LogP contribution < -0.4 is 5.32 Å². The van der Waals surface area contributed by atoms with Gasteiger partial charge in [-0.1, -0.05) is 64.8 Å². The average Bonchev–Trinajstić information content (AvgIpc) is 3.11. The molecule has 0 aliphatic rings. The molecule has 0 spiro atoms. The number of carbonyl (C=O) groups excluding carboxylic acids is 1. The van der Waals surface area contributed by atoms with Gasteiger partial charge in [0.05, 0.1) is 34.6 Å². The molecule has 3 aromatic rings. The van der Waals surface area contributed by atoms with Gasteiger partial charge < -0.3 is 10.1 Å². The maximum absolute atomic E-state index is 12.4. The van der Waals surface area contributed by atoms with Crippen molar-refractivity contribution in [2.75, 3.05) is 24.8 Å². The van der Waals surface area contributed by atoms with Crippen molar-refractivity contribution in [1.82, 2.24) is 14.8 Å². The van der Waals surface area contributed by atoms with Gasteiger partial charge in [0.2, 0.25) is 5.91 Å². The first kappa shape index (κ1) is 21.6. The van der Waals surface area contributed by atoms with Crippen molar-refractivity contribution in [1.29, 1.82) is 0 Å². The van der Waals surface area contributed by atoms with E-state index < -0.39 is 0 Å². The molecule has 152 valence electrons. The van der Waals surface area contributed by atoms with E-state index in [1.165, 1.54) is 11.8 Å². The average molecular weight is 451 g/mol. The highest BCUT2D eigenvalue weighted by molar-refractivity contribution is 7.99. The van der Waals surface area contributed by atoms with Gasteiger partial charge >= 0.3 is 0 Å². The Labute approximate surface area is 183 Å². The number of hydrogen-bond donors (Lipinski definition) is 1. The summed E-state index contributed by atoms with van der Waals surface area (Å²) in [5.41, 5.74) is 2.58. The van der Waals surface area contributed by atoms with Crippen LogP contribution in [0.5, 0.6) is 0 Å². The van der Waals surface area contributed by atoms with Crippen LogP contribution in [0.1, 0.15) is 5.56 Å². The molecular weight excluding hydrogens is 431 g/mol. The molecule has 0 aliphatic heterocycles. The summed E-state index contributed by atoms with van der Waals surface area (Å²) in [6.45, 7) is 3.12. The van der Waals surface area contributed by atoms with E-state index in [2.05, 4.69) is 21.6 Å². The molecule has 0 saturated heterocycles. The summed E-state index contributed by atoms with van der Waals surface area (Å²) in [6, 6.07) is 13.1. The molecule has 6 nitrogen and oxygen atoms in total. The van der Waals surface area contributed by atoms with Crippen LogP contribution in [0.2, 0.25) is 10.0 Å². The Bertz CT molecular complexity index is 1010. The number of thioether (sulfide) groups is 1. The smallest absolute Gasteiger partial charge is 0.234 e. The van der Waals surface area contributed by atoms with Crippen LogP contribution >= 0.6 is 35.0 Å². The predicted molar refractivity (Wildman–Crippen MR) is 118 cm³/mol. The number of benzene rings is 2. The number of hydrogen-bond acceptors (Lipinski definition) is 5. The Hall–Kier alpha value is -2.06. The Kier molecular flexibility index (Phi) is 7.55. The predicted octanol–water partition coefficient (Wildman–Crippen LogP) is 4.94. The SMILES string of the molecule is COCCn1c(SCC(=O)Nc2cccc(Cl)c2Cl)nnc1-c1cccc(C)c1. The molecule has 0 saturated carbocycles. The lowest BCUT2D eigenvalue weighted by atomic mass is 10.1. The number of anilines is 1. The minimum absolute atomic E-state index is 0.155. The number of aryl methyl sites for hydroxylation is 1. The molecule has 29 heavy (non-hydrogen) atoms. The first-order chi connectivity index (χ1) is 14.0. The topological polar surface area (TPSA) is 69.0 Å². The second-order valence-corrected chi connectivity index (χ2v) is 7.99. The number of halogens is 2. The van der Waals surface area contributed by atoms with Crippen molar-refractivity contribution in [2.24, 2.45) is 0 Å². The highest BCUT2D eigenvalue weighted by Crippen LogP contribution is 2.30. The molecule has 0 atom stereocenters. The Morgan fingerprint density at radius 3 is 2.76 bits per heavy atom. The van der Waals surface area contributed by atoms with Gasteiger partial charge in [-0.25, -0.2) is 0 Å². The molecule has 1 heterocycles. The largest absolute Gasteiger partial charge is 0.383 e. The van der Waals surface area contributed by atoms with Crippen molar-refractivity contribution >= 4 is 46.6 Å². The minimum Gasteiger partial charge on any atom is -0.383 e. The summed E-state index contributed by atoms with van der Waals surface area (Å²) in [5, 5.41) is 12.7. The van der Waals surface area contributed by atoms with Gasteiger partial charge in [0.25, 0.3) is 0 Å². The number of ether oxygens (including phenoxy) is 1. The van der Waals surface area contributed by atoms with E-state index in [9.17, 15) is 4.79 Å². The number of aromatic nitrogens is 3. The Balaban J connectivity index is 1.74. The fourth-order valence-corrected chi connectivity index (χ4v) is 3.81. The van der Waals surface area contributed by atoms with E-state index in [4.69, 9.17) is 27.9 Å². The van der Waals surface area contributed by atoms with Gasteiger partial charge in [-0.05, 0) is 25.1 Å². The van der Waals surface area contributed by atoms with Gasteiger partial charge in [-0.15, -0.1) is 10.2 Å². The summed E-state index contributed by atoms with van der Waals surface area (Å²) < 4.78 is 7.18. The summed E-state index contributed by atoms with van der Waals surface area (Å²) >= 11 is 13.4. The molecule has 0 unspecified atom stereocenters. The van der Waals surface area contributed by atoms with Crippen LogP contribution in [0.25, 0.3) is 11.4 Å². The van der Waals surface area contributed by atoms with Crippen LogP contribution in [0.3, 0.4) is 0 Å². The van der Waals surface area contributed by atoms with Gasteiger partial charge in [-0.2, -0.15) is 0 Å². The summed E-state index contributed by atoms with van der Waals surface area (Å²) in [7, 11) is 1.64. The maximum atomic E-state index is 12.4. The fourth-order valence-electron chi connectivity index (χ4n) is 2.69. The van der Waals surface area contributed by atoms with Crippen molar-refractivity contribution in [3.63, 3.8) is 0 Å². The zero-order valence-corrected chi connectivity index (χ0v) is 18.3. The van der Waals surface area contributed by atoms with E-state index in [-0.39, 0.29) is 11.7 Å². The highest BCUT2D eigenvalue weighted by atomic mass is 35.5. The third-order valence-electron chi connectivity index (χ3n) is 4.07. The van der Waals surface area contributed by atoms with Crippen LogP contribution in [0, 0.1) is 6.92 Å². The lowest BCUT2D eigenvalue weighted by Crippen LogP contribution is -2.15. The van der Waals surface area contributed by atoms with Crippen LogP contribution in [0.4, 0.5) is 5.69 Å².